The number of amides is 1. The Morgan fingerprint density at radius 2 is 1.89 bits per heavy atom. The van der Waals surface area contributed by atoms with Crippen LogP contribution in [0.25, 0.3) is 11.1 Å². The van der Waals surface area contributed by atoms with Gasteiger partial charge in [-0.05, 0) is 42.2 Å². The lowest BCUT2D eigenvalue weighted by atomic mass is 9.91. The molecule has 0 atom stereocenters. The van der Waals surface area contributed by atoms with E-state index in [-0.39, 0.29) is 12.4 Å². The molecule has 0 radical (unpaired) electrons. The lowest BCUT2D eigenvalue weighted by Crippen LogP contribution is -2.59. The molecule has 2 aromatic rings. The van der Waals surface area contributed by atoms with Crippen molar-refractivity contribution in [2.75, 3.05) is 18.6 Å². The number of benzene rings is 2. The third-order valence-electron chi connectivity index (χ3n) is 5.11. The van der Waals surface area contributed by atoms with Gasteiger partial charge < -0.3 is 4.74 Å². The minimum Gasteiger partial charge on any atom is -0.497 e. The molecule has 150 valence electrons. The Kier molecular flexibility index (Phi) is 6.43. The molecule has 0 saturated carbocycles. The number of hydroxylamine groups is 1. The van der Waals surface area contributed by atoms with E-state index in [4.69, 9.17) is 9.94 Å². The number of halogens is 1. The highest BCUT2D eigenvalue weighted by atomic mass is 32.2. The molecule has 0 spiro atoms. The average molecular weight is 406 g/mol. The van der Waals surface area contributed by atoms with E-state index in [2.05, 4.69) is 5.32 Å². The number of hydrogen-bond donors (Lipinski definition) is 3. The number of hydrogen-bond acceptors (Lipinski definition) is 5. The second-order valence-corrected chi connectivity index (χ2v) is 8.46. The van der Waals surface area contributed by atoms with Crippen LogP contribution >= 0.6 is 0 Å². The molecule has 0 aliphatic carbocycles. The van der Waals surface area contributed by atoms with Gasteiger partial charge in [-0.3, -0.25) is 19.5 Å². The molecule has 1 heterocycles. The van der Waals surface area contributed by atoms with Crippen LogP contribution in [0.4, 0.5) is 4.39 Å². The number of methoxy groups -OCH3 is 1. The molecule has 1 fully saturated rings. The number of ether oxygens (including phenoxy) is 1. The fraction of sp³-hybridized carbons (Fsp3) is 0.350. The Morgan fingerprint density at radius 1 is 1.21 bits per heavy atom. The summed E-state index contributed by atoms with van der Waals surface area (Å²) in [4.78, 5) is 12.2. The van der Waals surface area contributed by atoms with Crippen LogP contribution in [0.15, 0.2) is 42.5 Å². The molecule has 1 saturated heterocycles. The van der Waals surface area contributed by atoms with Crippen molar-refractivity contribution < 1.29 is 23.3 Å². The van der Waals surface area contributed by atoms with E-state index < -0.39 is 22.2 Å². The normalized spacial score (nSPS) is 21.9. The second-order valence-electron chi connectivity index (χ2n) is 6.77. The summed E-state index contributed by atoms with van der Waals surface area (Å²) in [5.74, 6) is 0.538. The first kappa shape index (κ1) is 20.4. The molecule has 1 amide bonds. The third-order valence-corrected chi connectivity index (χ3v) is 6.43. The number of carbonyl (C=O) groups excluding carboxylic acids is 1. The van der Waals surface area contributed by atoms with Gasteiger partial charge >= 0.3 is 0 Å². The van der Waals surface area contributed by atoms with Crippen LogP contribution in [0.1, 0.15) is 18.4 Å². The smallest absolute Gasteiger partial charge is 0.263 e. The first-order chi connectivity index (χ1) is 13.5. The Morgan fingerprint density at radius 3 is 2.46 bits per heavy atom. The van der Waals surface area contributed by atoms with Crippen molar-refractivity contribution in [3.8, 4) is 16.9 Å². The minimum absolute atomic E-state index is 0.250. The number of rotatable bonds is 6. The first-order valence-electron chi connectivity index (χ1n) is 8.95. The number of carbonyl (C=O) groups is 1. The van der Waals surface area contributed by atoms with E-state index in [1.165, 1.54) is 6.07 Å². The summed E-state index contributed by atoms with van der Waals surface area (Å²) in [6.07, 6.45) is 0.691. The highest BCUT2D eigenvalue weighted by Gasteiger charge is 2.40. The Hall–Kier alpha value is -2.29. The molecule has 6 nitrogen and oxygen atoms in total. The fourth-order valence-corrected chi connectivity index (χ4v) is 4.70. The molecule has 2 aromatic carbocycles. The van der Waals surface area contributed by atoms with Gasteiger partial charge in [0.05, 0.1) is 7.11 Å². The summed E-state index contributed by atoms with van der Waals surface area (Å²) < 4.78 is 31.4. The SMILES string of the molecule is COc1ccc(-c2ccc(CNC3(C(=O)NO)CCS(=O)CC3)cc2F)cc1. The van der Waals surface area contributed by atoms with Crippen LogP contribution in [0.3, 0.4) is 0 Å². The second kappa shape index (κ2) is 8.81. The molecular formula is C20H23FN2O4S. The van der Waals surface area contributed by atoms with Crippen molar-refractivity contribution in [1.29, 1.82) is 0 Å². The zero-order chi connectivity index (χ0) is 20.1. The zero-order valence-electron chi connectivity index (χ0n) is 15.5. The Labute approximate surface area is 165 Å². The summed E-state index contributed by atoms with van der Waals surface area (Å²) in [7, 11) is 0.620. The lowest BCUT2D eigenvalue weighted by Gasteiger charge is -2.35. The predicted molar refractivity (Wildman–Crippen MR) is 105 cm³/mol. The van der Waals surface area contributed by atoms with Gasteiger partial charge in [-0.1, -0.05) is 24.3 Å². The van der Waals surface area contributed by atoms with E-state index in [1.807, 2.05) is 0 Å². The summed E-state index contributed by atoms with van der Waals surface area (Å²) in [5, 5.41) is 12.2. The molecule has 1 aliphatic heterocycles. The molecule has 0 unspecified atom stereocenters. The van der Waals surface area contributed by atoms with Gasteiger partial charge in [-0.15, -0.1) is 0 Å². The van der Waals surface area contributed by atoms with Crippen molar-refractivity contribution in [2.45, 2.75) is 24.9 Å². The van der Waals surface area contributed by atoms with Gasteiger partial charge in [-0.25, -0.2) is 9.87 Å². The first-order valence-corrected chi connectivity index (χ1v) is 10.4. The molecule has 28 heavy (non-hydrogen) atoms. The van der Waals surface area contributed by atoms with E-state index in [0.717, 1.165) is 5.56 Å². The van der Waals surface area contributed by atoms with Gasteiger partial charge in [0.25, 0.3) is 5.91 Å². The molecule has 8 heteroatoms. The summed E-state index contributed by atoms with van der Waals surface area (Å²) >= 11 is 0. The lowest BCUT2D eigenvalue weighted by molar-refractivity contribution is -0.136. The van der Waals surface area contributed by atoms with Gasteiger partial charge in [0.15, 0.2) is 0 Å². The van der Waals surface area contributed by atoms with Crippen molar-refractivity contribution >= 4 is 16.7 Å². The van der Waals surface area contributed by atoms with Gasteiger partial charge in [0.2, 0.25) is 0 Å². The van der Waals surface area contributed by atoms with Gasteiger partial charge in [0.1, 0.15) is 17.1 Å². The standard InChI is InChI=1S/C20H23FN2O4S/c1-27-16-5-3-15(4-6-16)17-7-2-14(12-18(17)21)13-22-20(19(24)23-25)8-10-28(26)11-9-20/h2-7,12,22,25H,8-11,13H2,1H3,(H,23,24). The van der Waals surface area contributed by atoms with E-state index in [9.17, 15) is 13.4 Å². The summed E-state index contributed by atoms with van der Waals surface area (Å²) in [6, 6.07) is 12.0. The maximum atomic E-state index is 14.6. The predicted octanol–water partition coefficient (Wildman–Crippen LogP) is 2.38. The monoisotopic (exact) mass is 406 g/mol. The van der Waals surface area contributed by atoms with Crippen LogP contribution in [-0.2, 0) is 22.1 Å². The number of nitrogens with one attached hydrogen (secondary N) is 2. The topological polar surface area (TPSA) is 87.7 Å². The highest BCUT2D eigenvalue weighted by molar-refractivity contribution is 7.85. The van der Waals surface area contributed by atoms with Gasteiger partial charge in [-0.2, -0.15) is 0 Å². The fourth-order valence-electron chi connectivity index (χ4n) is 3.34. The quantitative estimate of drug-likeness (QED) is 0.506. The Bertz CT molecular complexity index is 863. The van der Waals surface area contributed by atoms with Crippen molar-refractivity contribution in [1.82, 2.24) is 10.8 Å². The van der Waals surface area contributed by atoms with Crippen LogP contribution in [-0.4, -0.2) is 39.5 Å². The maximum Gasteiger partial charge on any atom is 0.263 e. The minimum atomic E-state index is -1.01. The zero-order valence-corrected chi connectivity index (χ0v) is 16.4. The van der Waals surface area contributed by atoms with Crippen LogP contribution in [0.5, 0.6) is 5.75 Å². The molecule has 0 aromatic heterocycles. The van der Waals surface area contributed by atoms with Crippen LogP contribution in [0.2, 0.25) is 0 Å². The molecule has 1 aliphatic rings. The summed E-state index contributed by atoms with van der Waals surface area (Å²) in [6.45, 7) is 0.250. The van der Waals surface area contributed by atoms with E-state index in [0.29, 0.717) is 41.2 Å². The van der Waals surface area contributed by atoms with Crippen molar-refractivity contribution in [3.63, 3.8) is 0 Å². The van der Waals surface area contributed by atoms with Crippen molar-refractivity contribution in [3.05, 3.63) is 53.8 Å². The van der Waals surface area contributed by atoms with Crippen LogP contribution in [0, 0.1) is 5.82 Å². The van der Waals surface area contributed by atoms with Gasteiger partial charge in [0, 0.05) is 34.4 Å². The largest absolute Gasteiger partial charge is 0.497 e. The molecular weight excluding hydrogens is 383 g/mol. The van der Waals surface area contributed by atoms with Crippen LogP contribution < -0.4 is 15.5 Å². The molecule has 3 rings (SSSR count). The maximum absolute atomic E-state index is 14.6. The highest BCUT2D eigenvalue weighted by Crippen LogP contribution is 2.27. The summed E-state index contributed by atoms with van der Waals surface area (Å²) in [5.41, 5.74) is 2.57. The average Bonchev–Trinajstić information content (AvgIpc) is 2.73. The van der Waals surface area contributed by atoms with Crippen molar-refractivity contribution in [2.24, 2.45) is 0 Å². The third kappa shape index (κ3) is 4.40. The Balaban J connectivity index is 1.74. The molecule has 0 bridgehead atoms. The van der Waals surface area contributed by atoms with E-state index >= 15 is 0 Å². The van der Waals surface area contributed by atoms with E-state index in [1.54, 1.807) is 49.0 Å². The molecule has 3 N–H and O–H groups in total.